The fourth-order valence-electron chi connectivity index (χ4n) is 6.53. The summed E-state index contributed by atoms with van der Waals surface area (Å²) in [6.45, 7) is 4.12. The molecule has 0 aromatic heterocycles. The summed E-state index contributed by atoms with van der Waals surface area (Å²) >= 11 is 0. The lowest BCUT2D eigenvalue weighted by molar-refractivity contribution is -0.124. The van der Waals surface area contributed by atoms with Crippen molar-refractivity contribution in [1.29, 1.82) is 0 Å². The molecule has 0 unspecified atom stereocenters. The van der Waals surface area contributed by atoms with E-state index in [2.05, 4.69) is 51.7 Å². The van der Waals surface area contributed by atoms with Crippen molar-refractivity contribution in [3.05, 3.63) is 108 Å². The molecular formula is C31H36N4O2. The number of rotatable bonds is 7. The third-order valence-electron chi connectivity index (χ3n) is 7.86. The van der Waals surface area contributed by atoms with Gasteiger partial charge in [0.2, 0.25) is 11.8 Å². The molecule has 6 nitrogen and oxygen atoms in total. The van der Waals surface area contributed by atoms with Crippen LogP contribution in [0.4, 0.5) is 0 Å². The normalized spacial score (nSPS) is 24.0. The topological polar surface area (TPSA) is 64.7 Å². The minimum Gasteiger partial charge on any atom is -0.348 e. The van der Waals surface area contributed by atoms with Gasteiger partial charge in [0, 0.05) is 32.0 Å². The van der Waals surface area contributed by atoms with E-state index in [0.717, 1.165) is 30.6 Å². The zero-order valence-electron chi connectivity index (χ0n) is 21.6. The summed E-state index contributed by atoms with van der Waals surface area (Å²) in [4.78, 5) is 30.3. The fraction of sp³-hybridized carbons (Fsp3) is 0.355. The zero-order chi connectivity index (χ0) is 25.8. The molecule has 2 aliphatic heterocycles. The number of amides is 2. The van der Waals surface area contributed by atoms with Crippen molar-refractivity contribution in [1.82, 2.24) is 20.4 Å². The lowest BCUT2D eigenvalue weighted by Crippen LogP contribution is -2.64. The quantitative estimate of drug-likeness (QED) is 0.523. The number of benzene rings is 3. The van der Waals surface area contributed by atoms with Gasteiger partial charge in [-0.3, -0.25) is 19.4 Å². The first kappa shape index (κ1) is 25.2. The average Bonchev–Trinajstić information content (AvgIpc) is 3.18. The molecule has 2 N–H and O–H groups in total. The van der Waals surface area contributed by atoms with Crippen molar-refractivity contribution in [2.75, 3.05) is 33.2 Å². The summed E-state index contributed by atoms with van der Waals surface area (Å²) in [7, 11) is 2.14. The Kier molecular flexibility index (Phi) is 7.40. The van der Waals surface area contributed by atoms with Gasteiger partial charge in [0.25, 0.3) is 0 Å². The predicted molar refractivity (Wildman–Crippen MR) is 146 cm³/mol. The maximum Gasteiger partial charge on any atom is 0.234 e. The molecule has 37 heavy (non-hydrogen) atoms. The smallest absolute Gasteiger partial charge is 0.234 e. The first-order chi connectivity index (χ1) is 17.9. The molecule has 2 fully saturated rings. The van der Waals surface area contributed by atoms with Gasteiger partial charge >= 0.3 is 0 Å². The maximum absolute atomic E-state index is 13.4. The van der Waals surface area contributed by atoms with Gasteiger partial charge in [-0.2, -0.15) is 0 Å². The van der Waals surface area contributed by atoms with Crippen LogP contribution in [0.2, 0.25) is 0 Å². The number of likely N-dealkylation sites (N-methyl/N-ethyl adjacent to an activating group) is 1. The van der Waals surface area contributed by atoms with Crippen molar-refractivity contribution < 1.29 is 9.59 Å². The summed E-state index contributed by atoms with van der Waals surface area (Å²) in [5, 5.41) is 6.60. The van der Waals surface area contributed by atoms with Crippen LogP contribution >= 0.6 is 0 Å². The summed E-state index contributed by atoms with van der Waals surface area (Å²) in [5.74, 6) is 0.247. The maximum atomic E-state index is 13.4. The van der Waals surface area contributed by atoms with Gasteiger partial charge in [0.15, 0.2) is 0 Å². The summed E-state index contributed by atoms with van der Waals surface area (Å²) in [6, 6.07) is 30.8. The number of nitrogens with zero attached hydrogens (tertiary/aromatic N) is 2. The largest absolute Gasteiger partial charge is 0.348 e. The van der Waals surface area contributed by atoms with E-state index in [0.29, 0.717) is 13.1 Å². The number of fused-ring (bicyclic) bond motifs is 1. The minimum absolute atomic E-state index is 0.0138. The van der Waals surface area contributed by atoms with Crippen molar-refractivity contribution in [2.24, 2.45) is 5.92 Å². The molecule has 3 aromatic carbocycles. The first-order valence-corrected chi connectivity index (χ1v) is 13.1. The van der Waals surface area contributed by atoms with Crippen LogP contribution in [0.15, 0.2) is 91.0 Å². The molecule has 2 amide bonds. The van der Waals surface area contributed by atoms with Gasteiger partial charge in [-0.1, -0.05) is 91.0 Å². The number of piperidine rings is 1. The standard InChI is InChI=1S/C31H36N4O2/c1-23(36)33-31-21-34(2)30(26-16-10-5-11-17-26)27(31)18-19-35(22-31)20-28(37)32-29(24-12-6-3-7-13-24)25-14-8-4-9-15-25/h3-17,27,29-30H,18-22H2,1-2H3,(H,32,37)(H,33,36)/t27-,30-,31+/m1/s1. The number of nitrogens with one attached hydrogen (secondary N) is 2. The van der Waals surface area contributed by atoms with E-state index in [1.165, 1.54) is 5.56 Å². The van der Waals surface area contributed by atoms with Gasteiger partial charge in [0.05, 0.1) is 18.1 Å². The van der Waals surface area contributed by atoms with Crippen LogP contribution in [0.5, 0.6) is 0 Å². The Bertz CT molecular complexity index is 1160. The van der Waals surface area contributed by atoms with Gasteiger partial charge in [-0.05, 0) is 36.7 Å². The third-order valence-corrected chi connectivity index (χ3v) is 7.86. The van der Waals surface area contributed by atoms with E-state index in [4.69, 9.17) is 0 Å². The average molecular weight is 497 g/mol. The molecule has 2 heterocycles. The molecule has 0 aliphatic carbocycles. The van der Waals surface area contributed by atoms with Crippen LogP contribution in [0.3, 0.4) is 0 Å². The molecule has 0 radical (unpaired) electrons. The Labute approximate surface area is 219 Å². The van der Waals surface area contributed by atoms with E-state index in [1.807, 2.05) is 66.7 Å². The Hall–Kier alpha value is -3.48. The summed E-state index contributed by atoms with van der Waals surface area (Å²) in [5.41, 5.74) is 3.00. The van der Waals surface area contributed by atoms with E-state index in [-0.39, 0.29) is 29.8 Å². The number of likely N-dealkylation sites (tertiary alicyclic amines) is 2. The highest BCUT2D eigenvalue weighted by Gasteiger charge is 2.54. The van der Waals surface area contributed by atoms with Crippen LogP contribution in [-0.2, 0) is 9.59 Å². The van der Waals surface area contributed by atoms with Gasteiger partial charge in [0.1, 0.15) is 0 Å². The molecule has 2 aliphatic rings. The summed E-state index contributed by atoms with van der Waals surface area (Å²) in [6.07, 6.45) is 0.915. The molecule has 3 aromatic rings. The molecule has 6 heteroatoms. The van der Waals surface area contributed by atoms with Crippen LogP contribution < -0.4 is 10.6 Å². The highest BCUT2D eigenvalue weighted by molar-refractivity contribution is 5.79. The highest BCUT2D eigenvalue weighted by atomic mass is 16.2. The second-order valence-corrected chi connectivity index (χ2v) is 10.5. The molecule has 2 saturated heterocycles. The van der Waals surface area contributed by atoms with Gasteiger partial charge < -0.3 is 10.6 Å². The lowest BCUT2D eigenvalue weighted by atomic mass is 9.75. The zero-order valence-corrected chi connectivity index (χ0v) is 21.6. The SMILES string of the molecule is CC(=O)N[C@@]12CN(CC(=O)NC(c3ccccc3)c3ccccc3)CC[C@@H]1[C@@H](c1ccccc1)N(C)C2. The number of carbonyl (C=O) groups excluding carboxylic acids is 2. The van der Waals surface area contributed by atoms with E-state index < -0.39 is 5.54 Å². The first-order valence-electron chi connectivity index (χ1n) is 13.1. The number of carbonyl (C=O) groups is 2. The minimum atomic E-state index is -0.391. The predicted octanol–water partition coefficient (Wildman–Crippen LogP) is 3.78. The second-order valence-electron chi connectivity index (χ2n) is 10.5. The molecule has 5 rings (SSSR count). The monoisotopic (exact) mass is 496 g/mol. The Morgan fingerprint density at radius 2 is 1.46 bits per heavy atom. The van der Waals surface area contributed by atoms with Crippen LogP contribution in [0.1, 0.15) is 42.1 Å². The number of hydrogen-bond donors (Lipinski definition) is 2. The van der Waals surface area contributed by atoms with Crippen molar-refractivity contribution in [3.8, 4) is 0 Å². The van der Waals surface area contributed by atoms with E-state index in [9.17, 15) is 9.59 Å². The fourth-order valence-corrected chi connectivity index (χ4v) is 6.53. The van der Waals surface area contributed by atoms with Gasteiger partial charge in [-0.15, -0.1) is 0 Å². The molecule has 0 bridgehead atoms. The number of hydrogen-bond acceptors (Lipinski definition) is 4. The highest BCUT2D eigenvalue weighted by Crippen LogP contribution is 2.46. The van der Waals surface area contributed by atoms with Crippen molar-refractivity contribution in [2.45, 2.75) is 31.0 Å². The molecule has 3 atom stereocenters. The Morgan fingerprint density at radius 1 is 0.892 bits per heavy atom. The van der Waals surface area contributed by atoms with Crippen LogP contribution in [-0.4, -0.2) is 60.4 Å². The summed E-state index contributed by atoms with van der Waals surface area (Å²) < 4.78 is 0. The molecule has 0 spiro atoms. The van der Waals surface area contributed by atoms with Crippen molar-refractivity contribution >= 4 is 11.8 Å². The molecular weight excluding hydrogens is 460 g/mol. The van der Waals surface area contributed by atoms with Gasteiger partial charge in [-0.25, -0.2) is 0 Å². The Balaban J connectivity index is 1.33. The third kappa shape index (κ3) is 5.45. The van der Waals surface area contributed by atoms with Crippen molar-refractivity contribution in [3.63, 3.8) is 0 Å². The van der Waals surface area contributed by atoms with Crippen LogP contribution in [0.25, 0.3) is 0 Å². The Morgan fingerprint density at radius 3 is 2.03 bits per heavy atom. The molecule has 192 valence electrons. The van der Waals surface area contributed by atoms with E-state index in [1.54, 1.807) is 6.92 Å². The molecule has 0 saturated carbocycles. The second kappa shape index (κ2) is 10.9. The van der Waals surface area contributed by atoms with Crippen LogP contribution in [0, 0.1) is 5.92 Å². The van der Waals surface area contributed by atoms with E-state index >= 15 is 0 Å². The lowest BCUT2D eigenvalue weighted by Gasteiger charge is -2.45.